The predicted molar refractivity (Wildman–Crippen MR) is 454 cm³/mol. The average molecular weight is 2150 g/mol. The lowest BCUT2D eigenvalue weighted by Gasteiger charge is -2.12. The fourth-order valence-corrected chi connectivity index (χ4v) is 12.3. The van der Waals surface area contributed by atoms with Crippen LogP contribution < -0.4 is 43.9 Å². The minimum atomic E-state index is -5.10. The van der Waals surface area contributed by atoms with Crippen molar-refractivity contribution in [2.24, 2.45) is 0 Å². The lowest BCUT2D eigenvalue weighted by atomic mass is 10.1. The summed E-state index contributed by atoms with van der Waals surface area (Å²) in [7, 11) is 4.55. The molecule has 129 heavy (non-hydrogen) atoms. The number of terminal acetylenes is 1. The molecule has 51 heteroatoms. The van der Waals surface area contributed by atoms with Gasteiger partial charge in [0.2, 0.25) is 0 Å². The zero-order valence-corrected chi connectivity index (χ0v) is 73.2. The molecule has 0 aliphatic heterocycles. The fourth-order valence-electron chi connectivity index (χ4n) is 10.2. The van der Waals surface area contributed by atoms with Crippen LogP contribution in [0.1, 0.15) is 79.6 Å². The summed E-state index contributed by atoms with van der Waals surface area (Å²) >= 11 is 37.3. The first kappa shape index (κ1) is 103. The highest BCUT2D eigenvalue weighted by Crippen LogP contribution is 2.43. The Labute approximate surface area is 768 Å². The second-order valence-corrected chi connectivity index (χ2v) is 29.3. The third-order valence-corrected chi connectivity index (χ3v) is 19.9. The van der Waals surface area contributed by atoms with Crippen LogP contribution in [0.5, 0.6) is 11.5 Å². The molecular weight excluding hydrogens is 2110 g/mol. The summed E-state index contributed by atoms with van der Waals surface area (Å²) in [6, 6.07) is 20.0. The van der Waals surface area contributed by atoms with Crippen molar-refractivity contribution in [1.82, 2.24) is 39.9 Å². The molecule has 0 atom stereocenters. The van der Waals surface area contributed by atoms with E-state index in [9.17, 15) is 94.6 Å². The highest BCUT2D eigenvalue weighted by atomic mass is 127. The molecule has 12 aromatic rings. The zero-order chi connectivity index (χ0) is 96.9. The first-order valence-electron chi connectivity index (χ1n) is 33.7. The van der Waals surface area contributed by atoms with Crippen LogP contribution in [-0.2, 0) is 21.8 Å². The van der Waals surface area contributed by atoms with E-state index in [-0.39, 0.29) is 116 Å². The van der Waals surface area contributed by atoms with E-state index in [0.717, 1.165) is 26.4 Å². The summed E-state index contributed by atoms with van der Waals surface area (Å²) in [6.07, 6.45) is -5.08. The van der Waals surface area contributed by atoms with Crippen molar-refractivity contribution >= 4 is 183 Å². The smallest absolute Gasteiger partial charge is 0.419 e. The number of anilines is 6. The number of pyridine rings is 4. The molecule has 674 valence electrons. The molecular formula is C78H47Br2Cl5F15IN14O14. The number of nitrogens with zero attached hydrogens (tertiary/aromatic N) is 8. The quantitative estimate of drug-likeness (QED) is 0.0209. The van der Waals surface area contributed by atoms with E-state index in [1.54, 1.807) is 18.2 Å². The zero-order valence-electron chi connectivity index (χ0n) is 64.1. The van der Waals surface area contributed by atoms with Gasteiger partial charge in [-0.2, -0.15) is 26.3 Å². The van der Waals surface area contributed by atoms with Crippen LogP contribution in [0.25, 0.3) is 67.8 Å². The first-order valence-corrected chi connectivity index (χ1v) is 38.2. The number of carboxylic acid groups (broad SMARTS) is 4. The Hall–Kier alpha value is -13.1. The SMILES string of the molecule is C#Cc1ccc(-c2nc(C(=O)O)c(Cl)c(N)c2F)cc1F.COC(=O)c1nc(-c2cc(F)c(C(F)(F)F)cc2F)cc(N)c1Cl.COC(=O)c1nc(-c2ccc(Br)c(F)c2)c(Cl)c(N)c1Cl.COc1c(N)nc(-c2ccc(C(F)(F)F)c(F)c2F)nc1C(=O)O.COc1c(N)nc(-c2ccc(I)cc2F)nc1C(=O)O.Nc1cc(-c2ccc(Br)cc2F)nc(C(=O)O)c1Cl. The van der Waals surface area contributed by atoms with E-state index in [2.05, 4.69) is 87.1 Å². The molecule has 0 radical (unpaired) electrons. The van der Waals surface area contributed by atoms with E-state index in [4.69, 9.17) is 129 Å². The summed E-state index contributed by atoms with van der Waals surface area (Å²) in [5.41, 5.74) is 24.9. The number of rotatable bonds is 14. The van der Waals surface area contributed by atoms with Gasteiger partial charge in [0, 0.05) is 30.3 Å². The van der Waals surface area contributed by atoms with Gasteiger partial charge in [-0.15, -0.1) is 6.42 Å². The lowest BCUT2D eigenvalue weighted by Crippen LogP contribution is -2.12. The minimum absolute atomic E-state index is 0.00475. The molecule has 0 amide bonds. The van der Waals surface area contributed by atoms with Crippen LogP contribution in [0.3, 0.4) is 0 Å². The molecule has 6 aromatic heterocycles. The van der Waals surface area contributed by atoms with Crippen molar-refractivity contribution in [3.63, 3.8) is 0 Å². The standard InChI is InChI=1S/C14H8ClF5N2O2.C14H7ClF2N2O2.C13H8BrCl2FN2O2.C13H8F5N3O3.C12H7BrClFN2O2.C12H9FIN3O3/c1-24-13(23)12-11(15)9(21)4-10(22-12)5-2-8(17)6(3-7(5)16)14(18,19)20;1-2-6-3-4-7(5-8(6)16)12-10(17)11(18)9(15)13(19-12)14(20)21;1-21-13(20)12-9(16)10(18)8(15)11(19-12)5-2-3-6(14)7(17)4-5;1-24-9-8(12(22)23)20-11(21-10(9)19)4-2-3-5(13(16,17)18)7(15)6(4)14;13-5-1-2-6(7(15)3-5)9-4-8(16)10(14)11(17-9)12(18)19;1-20-9-8(12(18)19)16-11(17-10(9)15)6-3-2-5(14)4-7(6)13/h2-4H,1H3,(H2,21,22);1,3-5H,(H2,18,19)(H,20,21);2-4H,1H3,(H2,18,19);2-3H,1H3,(H,22,23)(H2,19,20,21);1-4H,(H2,16,17)(H,18,19);2-4H,1H3,(H,18,19)(H2,15,16,17). The van der Waals surface area contributed by atoms with Crippen LogP contribution in [0.2, 0.25) is 25.1 Å². The number of ether oxygens (including phenoxy) is 4. The number of carboxylic acids is 4. The Balaban J connectivity index is 0.000000212. The van der Waals surface area contributed by atoms with Crippen LogP contribution in [-0.4, -0.2) is 125 Å². The van der Waals surface area contributed by atoms with Gasteiger partial charge < -0.3 is 73.8 Å². The second kappa shape index (κ2) is 43.2. The number of carbonyl (C=O) groups excluding carboxylic acids is 2. The summed E-state index contributed by atoms with van der Waals surface area (Å²) in [5.74, 6) is -17.9. The molecule has 0 aliphatic rings. The Morgan fingerprint density at radius 1 is 0.411 bits per heavy atom. The number of carbonyl (C=O) groups is 6. The number of benzene rings is 6. The number of aromatic carboxylic acids is 4. The van der Waals surface area contributed by atoms with Crippen LogP contribution in [0, 0.1) is 68.3 Å². The van der Waals surface area contributed by atoms with Crippen molar-refractivity contribution < 1.29 is 134 Å². The highest BCUT2D eigenvalue weighted by molar-refractivity contribution is 14.1. The van der Waals surface area contributed by atoms with Crippen molar-refractivity contribution in [2.75, 3.05) is 62.8 Å². The van der Waals surface area contributed by atoms with E-state index >= 15 is 0 Å². The maximum Gasteiger partial charge on any atom is 0.419 e. The number of methoxy groups -OCH3 is 4. The van der Waals surface area contributed by atoms with Crippen LogP contribution in [0.15, 0.2) is 118 Å². The Kier molecular flexibility index (Phi) is 34.5. The highest BCUT2D eigenvalue weighted by Gasteiger charge is 2.38. The van der Waals surface area contributed by atoms with Gasteiger partial charge in [-0.05, 0) is 136 Å². The number of nitrogen functional groups attached to an aromatic ring is 6. The fraction of sp³-hybridized carbons (Fsp3) is 0.0769. The summed E-state index contributed by atoms with van der Waals surface area (Å²) in [6.45, 7) is 0. The number of alkyl halides is 6. The van der Waals surface area contributed by atoms with E-state index < -0.39 is 185 Å². The van der Waals surface area contributed by atoms with Gasteiger partial charge in [-0.3, -0.25) is 0 Å². The molecule has 0 fully saturated rings. The average Bonchev–Trinajstić information content (AvgIpc) is 0.514. The monoisotopic (exact) mass is 2150 g/mol. The molecule has 0 saturated carbocycles. The summed E-state index contributed by atoms with van der Waals surface area (Å²) < 4.78 is 220. The molecule has 0 aliphatic carbocycles. The number of nitrogens with two attached hydrogens (primary N) is 6. The maximum absolute atomic E-state index is 14.1. The first-order chi connectivity index (χ1) is 60.2. The van der Waals surface area contributed by atoms with Gasteiger partial charge in [0.1, 0.15) is 40.6 Å². The third-order valence-electron chi connectivity index (χ3n) is 16.2. The molecule has 28 nitrogen and oxygen atoms in total. The summed E-state index contributed by atoms with van der Waals surface area (Å²) in [5, 5.41) is 35.0. The van der Waals surface area contributed by atoms with Gasteiger partial charge in [0.25, 0.3) is 0 Å². The Bertz CT molecular complexity index is 6560. The Morgan fingerprint density at radius 2 is 0.845 bits per heavy atom. The van der Waals surface area contributed by atoms with Crippen molar-refractivity contribution in [3.05, 3.63) is 250 Å². The number of halogens is 23. The maximum atomic E-state index is 14.1. The molecule has 0 unspecified atom stereocenters. The van der Waals surface area contributed by atoms with Crippen molar-refractivity contribution in [1.29, 1.82) is 0 Å². The van der Waals surface area contributed by atoms with Crippen LogP contribution in [0.4, 0.5) is 100 Å². The molecule has 0 bridgehead atoms. The number of aromatic nitrogens is 8. The third kappa shape index (κ3) is 24.2. The Morgan fingerprint density at radius 3 is 1.33 bits per heavy atom. The van der Waals surface area contributed by atoms with Crippen molar-refractivity contribution in [3.8, 4) is 91.6 Å². The predicted octanol–water partition coefficient (Wildman–Crippen LogP) is 19.8. The lowest BCUT2D eigenvalue weighted by molar-refractivity contribution is -0.141. The molecule has 6 aromatic carbocycles. The summed E-state index contributed by atoms with van der Waals surface area (Å²) in [4.78, 5) is 97.3. The number of hydrogen-bond acceptors (Lipinski definition) is 24. The van der Waals surface area contributed by atoms with Gasteiger partial charge in [-0.25, -0.2) is 108 Å². The second-order valence-electron chi connectivity index (χ2n) is 24.4. The van der Waals surface area contributed by atoms with E-state index in [1.165, 1.54) is 68.8 Å². The number of esters is 2. The van der Waals surface area contributed by atoms with Gasteiger partial charge in [0.05, 0.1) is 126 Å². The van der Waals surface area contributed by atoms with Gasteiger partial charge in [-0.1, -0.05) is 92.0 Å². The largest absolute Gasteiger partial charge is 0.491 e. The molecule has 0 spiro atoms. The van der Waals surface area contributed by atoms with E-state index in [0.29, 0.717) is 25.7 Å². The van der Waals surface area contributed by atoms with E-state index in [1.807, 2.05) is 22.6 Å². The van der Waals surface area contributed by atoms with Crippen molar-refractivity contribution in [2.45, 2.75) is 12.4 Å². The van der Waals surface area contributed by atoms with Crippen LogP contribution >= 0.6 is 112 Å². The normalized spacial score (nSPS) is 10.8. The topological polar surface area (TPSA) is 479 Å². The molecule has 0 saturated heterocycles. The minimum Gasteiger partial charge on any atom is -0.491 e. The molecule has 16 N–H and O–H groups in total. The van der Waals surface area contributed by atoms with Gasteiger partial charge >= 0.3 is 48.2 Å². The van der Waals surface area contributed by atoms with Gasteiger partial charge in [0.15, 0.2) is 86.4 Å². The molecule has 6 heterocycles. The molecule has 12 rings (SSSR count). The number of hydrogen-bond donors (Lipinski definition) is 10.